The highest BCUT2D eigenvalue weighted by Crippen LogP contribution is 2.49. The van der Waals surface area contributed by atoms with E-state index < -0.39 is 42.2 Å². The molecule has 5 aromatic rings. The molecule has 1 heterocycles. The molecule has 1 aliphatic rings. The highest BCUT2D eigenvalue weighted by Gasteiger charge is 2.48. The monoisotopic (exact) mass is 690 g/mol. The fourth-order valence-corrected chi connectivity index (χ4v) is 7.05. The summed E-state index contributed by atoms with van der Waals surface area (Å²) >= 11 is 3.48. The SMILES string of the molecule is Cc1ccc2c3c(Br)cc4c5c(ccc(c6c(C)cc(C(=O)N(C=O)C(C)C(F)(F)F)c1c26)c53)C(=O)N(C(C)C(F)(F)F)C4=O. The Morgan fingerprint density at radius 1 is 0.778 bits per heavy atom. The molecule has 0 aromatic heterocycles. The molecule has 6 nitrogen and oxygen atoms in total. The molecule has 0 aliphatic carbocycles. The van der Waals surface area contributed by atoms with Crippen LogP contribution in [0.5, 0.6) is 0 Å². The molecule has 4 amide bonds. The quantitative estimate of drug-likeness (QED) is 0.0626. The number of carbonyl (C=O) groups excluding carboxylic acids is 4. The summed E-state index contributed by atoms with van der Waals surface area (Å²) < 4.78 is 82.1. The lowest BCUT2D eigenvalue weighted by Gasteiger charge is -2.33. The number of carbonyl (C=O) groups is 4. The zero-order chi connectivity index (χ0) is 33.1. The third kappa shape index (κ3) is 4.23. The summed E-state index contributed by atoms with van der Waals surface area (Å²) in [5, 5.41) is 3.49. The van der Waals surface area contributed by atoms with E-state index in [4.69, 9.17) is 0 Å². The van der Waals surface area contributed by atoms with E-state index in [2.05, 4.69) is 15.9 Å². The maximum Gasteiger partial charge on any atom is 0.409 e. The molecule has 5 aromatic carbocycles. The van der Waals surface area contributed by atoms with Crippen molar-refractivity contribution < 1.29 is 45.5 Å². The van der Waals surface area contributed by atoms with Gasteiger partial charge in [0.25, 0.3) is 17.7 Å². The van der Waals surface area contributed by atoms with Gasteiger partial charge in [-0.2, -0.15) is 26.3 Å². The first-order valence-corrected chi connectivity index (χ1v) is 14.4. The van der Waals surface area contributed by atoms with Crippen molar-refractivity contribution in [2.24, 2.45) is 0 Å². The Morgan fingerprint density at radius 3 is 1.96 bits per heavy atom. The van der Waals surface area contributed by atoms with Crippen LogP contribution in [0.2, 0.25) is 0 Å². The number of aryl methyl sites for hydroxylation is 2. The number of imide groups is 2. The highest BCUT2D eigenvalue weighted by molar-refractivity contribution is 9.10. The van der Waals surface area contributed by atoms with E-state index in [0.29, 0.717) is 60.2 Å². The van der Waals surface area contributed by atoms with Crippen molar-refractivity contribution in [3.05, 3.63) is 68.7 Å². The predicted molar refractivity (Wildman–Crippen MR) is 159 cm³/mol. The number of rotatable bonds is 4. The molecule has 0 bridgehead atoms. The largest absolute Gasteiger partial charge is 0.409 e. The van der Waals surface area contributed by atoms with Gasteiger partial charge in [0.1, 0.15) is 12.1 Å². The van der Waals surface area contributed by atoms with Crippen LogP contribution in [0.25, 0.3) is 43.1 Å². The van der Waals surface area contributed by atoms with E-state index >= 15 is 0 Å². The normalized spacial score (nSPS) is 15.5. The molecular weight excluding hydrogens is 670 g/mol. The van der Waals surface area contributed by atoms with Crippen LogP contribution in [0.1, 0.15) is 56.0 Å². The Balaban J connectivity index is 1.73. The number of alkyl halides is 6. The van der Waals surface area contributed by atoms with Gasteiger partial charge in [-0.25, -0.2) is 0 Å². The van der Waals surface area contributed by atoms with E-state index in [0.717, 1.165) is 6.92 Å². The molecule has 0 fully saturated rings. The molecule has 2 unspecified atom stereocenters. The summed E-state index contributed by atoms with van der Waals surface area (Å²) in [7, 11) is 0. The number of halogens is 7. The highest BCUT2D eigenvalue weighted by atomic mass is 79.9. The molecular formula is C32H21BrF6N2O4. The van der Waals surface area contributed by atoms with Crippen molar-refractivity contribution in [3.63, 3.8) is 0 Å². The number of hydrogen-bond donors (Lipinski definition) is 0. The smallest absolute Gasteiger partial charge is 0.278 e. The third-order valence-electron chi connectivity index (χ3n) is 8.69. The number of fused-ring (bicyclic) bond motifs is 2. The van der Waals surface area contributed by atoms with Crippen LogP contribution >= 0.6 is 15.9 Å². The summed E-state index contributed by atoms with van der Waals surface area (Å²) in [4.78, 5) is 52.7. The van der Waals surface area contributed by atoms with Gasteiger partial charge in [-0.1, -0.05) is 34.1 Å². The second-order valence-corrected chi connectivity index (χ2v) is 12.1. The summed E-state index contributed by atoms with van der Waals surface area (Å²) in [5.41, 5.74) is 0.670. The lowest BCUT2D eigenvalue weighted by atomic mass is 9.81. The van der Waals surface area contributed by atoms with Crippen LogP contribution in [-0.4, -0.2) is 58.4 Å². The summed E-state index contributed by atoms with van der Waals surface area (Å²) in [6.45, 7) is 4.76. The second-order valence-electron chi connectivity index (χ2n) is 11.2. The van der Waals surface area contributed by atoms with Gasteiger partial charge in [0.05, 0.1) is 0 Å². The van der Waals surface area contributed by atoms with Gasteiger partial charge in [0, 0.05) is 37.3 Å². The van der Waals surface area contributed by atoms with Gasteiger partial charge >= 0.3 is 12.4 Å². The fourth-order valence-electron chi connectivity index (χ4n) is 6.41. The summed E-state index contributed by atoms with van der Waals surface area (Å²) in [6, 6.07) is 4.27. The van der Waals surface area contributed by atoms with E-state index in [-0.39, 0.29) is 38.3 Å². The van der Waals surface area contributed by atoms with Gasteiger partial charge in [-0.15, -0.1) is 0 Å². The molecule has 45 heavy (non-hydrogen) atoms. The predicted octanol–water partition coefficient (Wildman–Crippen LogP) is 8.21. The maximum absolute atomic E-state index is 13.7. The molecule has 13 heteroatoms. The molecule has 232 valence electrons. The van der Waals surface area contributed by atoms with Crippen LogP contribution in [0.4, 0.5) is 26.3 Å². The first kappa shape index (κ1) is 30.8. The van der Waals surface area contributed by atoms with E-state index in [1.807, 2.05) is 0 Å². The van der Waals surface area contributed by atoms with Crippen LogP contribution in [0.3, 0.4) is 0 Å². The van der Waals surface area contributed by atoms with E-state index in [1.54, 1.807) is 32.0 Å². The first-order valence-electron chi connectivity index (χ1n) is 13.6. The minimum atomic E-state index is -4.87. The van der Waals surface area contributed by atoms with Gasteiger partial charge < -0.3 is 0 Å². The minimum Gasteiger partial charge on any atom is -0.278 e. The molecule has 0 saturated heterocycles. The third-order valence-corrected chi connectivity index (χ3v) is 9.32. The van der Waals surface area contributed by atoms with E-state index in [9.17, 15) is 45.5 Å². The minimum absolute atomic E-state index is 0.0905. The topological polar surface area (TPSA) is 74.8 Å². The lowest BCUT2D eigenvalue weighted by molar-refractivity contribution is -0.174. The standard InChI is InChI=1S/C32H21BrF6N2O4/c1-12-5-6-17-25-21(33)10-20-24-18(29(44)41(30(20)45)15(4)32(37,38)39)8-7-16(27(24)25)23-13(2)9-19(22(12)26(17)23)28(43)40(11-42)14(3)31(34,35)36/h5-11,14-15H,1-4H3. The van der Waals surface area contributed by atoms with Gasteiger partial charge in [-0.3, -0.25) is 29.0 Å². The Morgan fingerprint density at radius 2 is 1.36 bits per heavy atom. The van der Waals surface area contributed by atoms with Crippen molar-refractivity contribution in [1.29, 1.82) is 0 Å². The molecule has 0 spiro atoms. The maximum atomic E-state index is 13.7. The first-order chi connectivity index (χ1) is 20.9. The Labute approximate surface area is 259 Å². The van der Waals surface area contributed by atoms with Crippen molar-refractivity contribution >= 4 is 83.2 Å². The van der Waals surface area contributed by atoms with Crippen LogP contribution in [0.15, 0.2) is 40.9 Å². The number of amides is 4. The van der Waals surface area contributed by atoms with E-state index in [1.165, 1.54) is 18.2 Å². The van der Waals surface area contributed by atoms with Gasteiger partial charge in [0.15, 0.2) is 0 Å². The average Bonchev–Trinajstić information content (AvgIpc) is 2.95. The number of hydrogen-bond acceptors (Lipinski definition) is 4. The Bertz CT molecular complexity index is 2160. The Kier molecular flexibility index (Phi) is 6.74. The van der Waals surface area contributed by atoms with Crippen molar-refractivity contribution in [3.8, 4) is 0 Å². The van der Waals surface area contributed by atoms with Crippen molar-refractivity contribution in [2.75, 3.05) is 0 Å². The summed E-state index contributed by atoms with van der Waals surface area (Å²) in [6.07, 6.45) is -9.87. The second kappa shape index (κ2) is 9.87. The summed E-state index contributed by atoms with van der Waals surface area (Å²) in [5.74, 6) is -3.34. The lowest BCUT2D eigenvalue weighted by Crippen LogP contribution is -2.51. The average molecular weight is 691 g/mol. The molecule has 1 aliphatic heterocycles. The molecule has 2 atom stereocenters. The number of nitrogens with zero attached hydrogens (tertiary/aromatic N) is 2. The fraction of sp³-hybridized carbons (Fsp3) is 0.250. The molecule has 0 saturated carbocycles. The van der Waals surface area contributed by atoms with Crippen LogP contribution in [0, 0.1) is 13.8 Å². The van der Waals surface area contributed by atoms with Crippen LogP contribution < -0.4 is 0 Å². The van der Waals surface area contributed by atoms with Gasteiger partial charge in [0.2, 0.25) is 6.41 Å². The zero-order valence-electron chi connectivity index (χ0n) is 23.9. The molecule has 0 radical (unpaired) electrons. The molecule has 0 N–H and O–H groups in total. The number of benzene rings is 5. The zero-order valence-corrected chi connectivity index (χ0v) is 25.5. The molecule has 6 rings (SSSR count). The van der Waals surface area contributed by atoms with Gasteiger partial charge in [-0.05, 0) is 84.0 Å². The van der Waals surface area contributed by atoms with Crippen molar-refractivity contribution in [1.82, 2.24) is 9.80 Å². The van der Waals surface area contributed by atoms with Crippen LogP contribution in [-0.2, 0) is 4.79 Å². The Hall–Kier alpha value is -4.26. The van der Waals surface area contributed by atoms with Crippen molar-refractivity contribution in [2.45, 2.75) is 52.1 Å².